The normalized spacial score (nSPS) is 13.8. The van der Waals surface area contributed by atoms with Gasteiger partial charge < -0.3 is 18.0 Å². The third kappa shape index (κ3) is 5.22. The molecule has 0 amide bonds. The van der Waals surface area contributed by atoms with Gasteiger partial charge in [0.15, 0.2) is 0 Å². The second-order valence-electron chi connectivity index (χ2n) is 3.76. The molecule has 0 aromatic rings. The van der Waals surface area contributed by atoms with Crippen molar-refractivity contribution >= 4 is 8.80 Å². The van der Waals surface area contributed by atoms with Gasteiger partial charge in [0.05, 0.1) is 6.10 Å². The Kier molecular flexibility index (Phi) is 7.87. The van der Waals surface area contributed by atoms with Crippen LogP contribution in [0.2, 0.25) is 6.04 Å². The van der Waals surface area contributed by atoms with Crippen molar-refractivity contribution in [1.29, 1.82) is 0 Å². The molecule has 0 aliphatic rings. The van der Waals surface area contributed by atoms with E-state index in [9.17, 15) is 0 Å². The lowest BCUT2D eigenvalue weighted by molar-refractivity contribution is 0.0814. The minimum absolute atomic E-state index is 0.101. The first kappa shape index (κ1) is 15.8. The average Bonchev–Trinajstić information content (AvgIpc) is 2.30. The van der Waals surface area contributed by atoms with E-state index in [1.165, 1.54) is 0 Å². The predicted octanol–water partition coefficient (Wildman–Crippen LogP) is 2.24. The van der Waals surface area contributed by atoms with E-state index in [0.717, 1.165) is 18.0 Å². The molecule has 0 aliphatic carbocycles. The first-order valence-electron chi connectivity index (χ1n) is 5.43. The van der Waals surface area contributed by atoms with Gasteiger partial charge in [-0.15, -0.1) is 0 Å². The predicted molar refractivity (Wildman–Crippen MR) is 66.4 cm³/mol. The van der Waals surface area contributed by atoms with Crippen LogP contribution in [0.5, 0.6) is 0 Å². The largest absolute Gasteiger partial charge is 0.500 e. The zero-order valence-corrected chi connectivity index (χ0v) is 12.0. The van der Waals surface area contributed by atoms with Crippen LogP contribution in [0.1, 0.15) is 20.3 Å². The van der Waals surface area contributed by atoms with E-state index in [-0.39, 0.29) is 6.10 Å². The fourth-order valence-electron chi connectivity index (χ4n) is 1.25. The SMILES string of the molecule is C=C(C)C(C)OCCC[Si](OC)(OC)OC. The Morgan fingerprint density at radius 2 is 1.69 bits per heavy atom. The van der Waals surface area contributed by atoms with E-state index in [1.54, 1.807) is 21.3 Å². The van der Waals surface area contributed by atoms with E-state index in [0.29, 0.717) is 6.61 Å². The number of rotatable bonds is 9. The first-order valence-corrected chi connectivity index (χ1v) is 7.37. The second-order valence-corrected chi connectivity index (χ2v) is 6.85. The summed E-state index contributed by atoms with van der Waals surface area (Å²) in [6.07, 6.45) is 0.961. The maximum atomic E-state index is 5.59. The van der Waals surface area contributed by atoms with Gasteiger partial charge in [0.2, 0.25) is 0 Å². The molecule has 1 atom stereocenters. The standard InChI is InChI=1S/C11H24O4Si/c1-10(2)11(3)15-8-7-9-16(12-4,13-5)14-6/h11H,1,7-9H2,2-6H3. The molecule has 5 heteroatoms. The number of hydrogen-bond acceptors (Lipinski definition) is 4. The molecule has 0 N–H and O–H groups in total. The number of hydrogen-bond donors (Lipinski definition) is 0. The van der Waals surface area contributed by atoms with Crippen molar-refractivity contribution in [2.45, 2.75) is 32.4 Å². The van der Waals surface area contributed by atoms with Crippen LogP contribution in [0.25, 0.3) is 0 Å². The average molecular weight is 248 g/mol. The van der Waals surface area contributed by atoms with Gasteiger partial charge in [-0.05, 0) is 20.3 Å². The Labute approximate surface area is 99.9 Å². The summed E-state index contributed by atoms with van der Waals surface area (Å²) in [5.74, 6) is 0. The highest BCUT2D eigenvalue weighted by Gasteiger charge is 2.36. The summed E-state index contributed by atoms with van der Waals surface area (Å²) < 4.78 is 21.5. The van der Waals surface area contributed by atoms with Crippen LogP contribution in [0.15, 0.2) is 12.2 Å². The Morgan fingerprint density at radius 1 is 1.19 bits per heavy atom. The Bertz CT molecular complexity index is 196. The van der Waals surface area contributed by atoms with Crippen molar-refractivity contribution in [2.24, 2.45) is 0 Å². The van der Waals surface area contributed by atoms with Gasteiger partial charge in [-0.2, -0.15) is 0 Å². The topological polar surface area (TPSA) is 36.9 Å². The maximum Gasteiger partial charge on any atom is 0.500 e. The molecule has 0 aromatic heterocycles. The minimum atomic E-state index is -2.42. The summed E-state index contributed by atoms with van der Waals surface area (Å²) in [5, 5.41) is 0. The molecule has 0 aliphatic heterocycles. The summed E-state index contributed by atoms with van der Waals surface area (Å²) in [4.78, 5) is 0. The Morgan fingerprint density at radius 3 is 2.06 bits per heavy atom. The summed E-state index contributed by atoms with van der Waals surface area (Å²) >= 11 is 0. The second kappa shape index (κ2) is 7.97. The summed E-state index contributed by atoms with van der Waals surface area (Å²) in [6.45, 7) is 8.46. The van der Waals surface area contributed by atoms with Crippen molar-refractivity contribution in [3.8, 4) is 0 Å². The van der Waals surface area contributed by atoms with Gasteiger partial charge in [0.25, 0.3) is 0 Å². The lowest BCUT2D eigenvalue weighted by Crippen LogP contribution is -2.42. The van der Waals surface area contributed by atoms with Crippen molar-refractivity contribution in [3.05, 3.63) is 12.2 Å². The first-order chi connectivity index (χ1) is 7.51. The summed E-state index contributed by atoms with van der Waals surface area (Å²) in [5.41, 5.74) is 1.04. The monoisotopic (exact) mass is 248 g/mol. The van der Waals surface area contributed by atoms with E-state index >= 15 is 0 Å². The van der Waals surface area contributed by atoms with Crippen molar-refractivity contribution in [2.75, 3.05) is 27.9 Å². The molecule has 0 fully saturated rings. The minimum Gasteiger partial charge on any atom is -0.377 e. The Balaban J connectivity index is 3.83. The van der Waals surface area contributed by atoms with E-state index in [1.807, 2.05) is 13.8 Å². The quantitative estimate of drug-likeness (QED) is 0.356. The molecule has 0 saturated carbocycles. The molecule has 1 unspecified atom stereocenters. The van der Waals surface area contributed by atoms with Crippen LogP contribution in [0.3, 0.4) is 0 Å². The van der Waals surface area contributed by atoms with Crippen LogP contribution >= 0.6 is 0 Å². The molecular formula is C11H24O4Si. The summed E-state index contributed by atoms with van der Waals surface area (Å²) in [6, 6.07) is 0.763. The van der Waals surface area contributed by atoms with Crippen LogP contribution in [-0.2, 0) is 18.0 Å². The third-order valence-corrected chi connectivity index (χ3v) is 5.45. The molecule has 0 bridgehead atoms. The van der Waals surface area contributed by atoms with Gasteiger partial charge in [-0.25, -0.2) is 0 Å². The highest BCUT2D eigenvalue weighted by molar-refractivity contribution is 6.60. The Hall–Kier alpha value is -0.203. The van der Waals surface area contributed by atoms with Crippen LogP contribution in [0.4, 0.5) is 0 Å². The lowest BCUT2D eigenvalue weighted by Gasteiger charge is -2.24. The van der Waals surface area contributed by atoms with Crippen molar-refractivity contribution in [1.82, 2.24) is 0 Å². The van der Waals surface area contributed by atoms with Gasteiger partial charge in [0.1, 0.15) is 0 Å². The zero-order valence-electron chi connectivity index (χ0n) is 11.0. The van der Waals surface area contributed by atoms with Crippen molar-refractivity contribution < 1.29 is 18.0 Å². The lowest BCUT2D eigenvalue weighted by atomic mass is 10.2. The molecule has 0 spiro atoms. The smallest absolute Gasteiger partial charge is 0.377 e. The van der Waals surface area contributed by atoms with Gasteiger partial charge in [-0.1, -0.05) is 12.2 Å². The molecule has 0 aromatic carbocycles. The maximum absolute atomic E-state index is 5.59. The number of ether oxygens (including phenoxy) is 1. The summed E-state index contributed by atoms with van der Waals surface area (Å²) in [7, 11) is 2.45. The van der Waals surface area contributed by atoms with Crippen LogP contribution < -0.4 is 0 Å². The third-order valence-electron chi connectivity index (χ3n) is 2.62. The molecule has 0 rings (SSSR count). The molecular weight excluding hydrogens is 224 g/mol. The molecule has 0 heterocycles. The highest BCUT2D eigenvalue weighted by Crippen LogP contribution is 2.15. The van der Waals surface area contributed by atoms with Gasteiger partial charge in [-0.3, -0.25) is 0 Å². The zero-order chi connectivity index (χ0) is 12.6. The molecule has 0 radical (unpaired) electrons. The van der Waals surface area contributed by atoms with E-state index < -0.39 is 8.80 Å². The van der Waals surface area contributed by atoms with E-state index in [2.05, 4.69) is 6.58 Å². The van der Waals surface area contributed by atoms with Crippen LogP contribution in [0, 0.1) is 0 Å². The molecule has 4 nitrogen and oxygen atoms in total. The fourth-order valence-corrected chi connectivity index (χ4v) is 2.94. The molecule has 0 saturated heterocycles. The van der Waals surface area contributed by atoms with Gasteiger partial charge in [0, 0.05) is 34.0 Å². The molecule has 16 heavy (non-hydrogen) atoms. The fraction of sp³-hybridized carbons (Fsp3) is 0.818. The van der Waals surface area contributed by atoms with E-state index in [4.69, 9.17) is 18.0 Å². The van der Waals surface area contributed by atoms with Gasteiger partial charge >= 0.3 is 8.80 Å². The van der Waals surface area contributed by atoms with Crippen molar-refractivity contribution in [3.63, 3.8) is 0 Å². The highest BCUT2D eigenvalue weighted by atomic mass is 28.4. The molecule has 96 valence electrons. The van der Waals surface area contributed by atoms with Crippen LogP contribution in [-0.4, -0.2) is 42.8 Å².